The molecule has 1 saturated carbocycles. The molecule has 1 atom stereocenters. The van der Waals surface area contributed by atoms with Crippen molar-refractivity contribution in [1.29, 1.82) is 5.41 Å². The van der Waals surface area contributed by atoms with Crippen LogP contribution >= 0.6 is 0 Å². The highest BCUT2D eigenvalue weighted by Gasteiger charge is 2.29. The van der Waals surface area contributed by atoms with Gasteiger partial charge < -0.3 is 15.7 Å². The number of allylic oxidation sites excluding steroid dienone is 2. The van der Waals surface area contributed by atoms with E-state index < -0.39 is 0 Å². The Morgan fingerprint density at radius 2 is 2.08 bits per heavy atom. The lowest BCUT2D eigenvalue weighted by molar-refractivity contribution is 0.0931. The van der Waals surface area contributed by atoms with E-state index in [9.17, 15) is 9.18 Å². The van der Waals surface area contributed by atoms with E-state index in [1.165, 1.54) is 31.2 Å². The number of imidazole rings is 1. The fourth-order valence-corrected chi connectivity index (χ4v) is 2.63. The quantitative estimate of drug-likeness (QED) is 0.703. The molecule has 3 rings (SSSR count). The summed E-state index contributed by atoms with van der Waals surface area (Å²) in [5.41, 5.74) is 2.00. The SMILES string of the molecule is C/C(=C/C(=N)c1ccc(F)cc1)c1ncc(C(=O)N[C@@H](C)C2CC2)[nH]1. The molecule has 1 aromatic carbocycles. The minimum Gasteiger partial charge on any atom is -0.348 e. The van der Waals surface area contributed by atoms with Gasteiger partial charge in [-0.25, -0.2) is 9.37 Å². The zero-order chi connectivity index (χ0) is 18.0. The second-order valence-electron chi connectivity index (χ2n) is 6.49. The van der Waals surface area contributed by atoms with E-state index in [2.05, 4.69) is 15.3 Å². The first kappa shape index (κ1) is 17.1. The van der Waals surface area contributed by atoms with E-state index in [1.807, 2.05) is 13.8 Å². The minimum atomic E-state index is -0.334. The molecular weight excluding hydrogens is 319 g/mol. The Kier molecular flexibility index (Phi) is 4.79. The molecule has 25 heavy (non-hydrogen) atoms. The number of hydrogen-bond donors (Lipinski definition) is 3. The molecule has 0 spiro atoms. The largest absolute Gasteiger partial charge is 0.348 e. The fourth-order valence-electron chi connectivity index (χ4n) is 2.63. The number of nitrogens with zero attached hydrogens (tertiary/aromatic N) is 1. The van der Waals surface area contributed by atoms with Gasteiger partial charge in [0.05, 0.1) is 11.9 Å². The zero-order valence-corrected chi connectivity index (χ0v) is 14.3. The molecule has 1 amide bonds. The minimum absolute atomic E-state index is 0.167. The number of H-pyrrole nitrogens is 1. The van der Waals surface area contributed by atoms with Gasteiger partial charge in [-0.3, -0.25) is 4.79 Å². The van der Waals surface area contributed by atoms with Crippen LogP contribution in [0.3, 0.4) is 0 Å². The molecule has 0 unspecified atom stereocenters. The van der Waals surface area contributed by atoms with Crippen LogP contribution in [0.15, 0.2) is 36.5 Å². The number of benzene rings is 1. The van der Waals surface area contributed by atoms with Crippen LogP contribution in [0.25, 0.3) is 5.57 Å². The number of aromatic nitrogens is 2. The van der Waals surface area contributed by atoms with E-state index in [-0.39, 0.29) is 23.5 Å². The number of nitrogens with one attached hydrogen (secondary N) is 3. The Balaban J connectivity index is 1.68. The number of aromatic amines is 1. The first-order chi connectivity index (χ1) is 11.9. The van der Waals surface area contributed by atoms with Gasteiger partial charge in [0.1, 0.15) is 17.3 Å². The van der Waals surface area contributed by atoms with Crippen molar-refractivity contribution >= 4 is 17.2 Å². The Morgan fingerprint density at radius 1 is 1.40 bits per heavy atom. The van der Waals surface area contributed by atoms with Crippen LogP contribution in [0.4, 0.5) is 4.39 Å². The van der Waals surface area contributed by atoms with Gasteiger partial charge in [0.15, 0.2) is 0 Å². The Hall–Kier alpha value is -2.76. The Bertz CT molecular complexity index is 818. The molecular formula is C19H21FN4O. The first-order valence-corrected chi connectivity index (χ1v) is 8.33. The van der Waals surface area contributed by atoms with Crippen LogP contribution in [-0.4, -0.2) is 27.6 Å². The predicted octanol–water partition coefficient (Wildman–Crippen LogP) is 3.55. The molecule has 3 N–H and O–H groups in total. The van der Waals surface area contributed by atoms with Crippen molar-refractivity contribution < 1.29 is 9.18 Å². The van der Waals surface area contributed by atoms with E-state index in [0.29, 0.717) is 23.0 Å². The maximum atomic E-state index is 13.0. The van der Waals surface area contributed by atoms with Crippen molar-refractivity contribution in [1.82, 2.24) is 15.3 Å². The third-order valence-electron chi connectivity index (χ3n) is 4.40. The van der Waals surface area contributed by atoms with Crippen LogP contribution in [0.2, 0.25) is 0 Å². The normalized spacial score (nSPS) is 15.7. The number of carbonyl (C=O) groups is 1. The standard InChI is InChI=1S/C19H21FN4O/c1-11(9-16(21)14-5-7-15(20)8-6-14)18-22-10-17(24-18)19(25)23-12(2)13-3-4-13/h5-10,12-13,21H,3-4H2,1-2H3,(H,22,24)(H,23,25)/b11-9-,21-16?/t12-/m0/s1. The monoisotopic (exact) mass is 340 g/mol. The second kappa shape index (κ2) is 7.01. The summed E-state index contributed by atoms with van der Waals surface area (Å²) in [7, 11) is 0. The predicted molar refractivity (Wildman–Crippen MR) is 95.1 cm³/mol. The van der Waals surface area contributed by atoms with Crippen LogP contribution in [0.1, 0.15) is 48.6 Å². The van der Waals surface area contributed by atoms with Crippen LogP contribution in [0.5, 0.6) is 0 Å². The van der Waals surface area contributed by atoms with Crippen molar-refractivity contribution in [2.24, 2.45) is 5.92 Å². The Labute approximate surface area is 145 Å². The number of rotatable bonds is 6. The van der Waals surface area contributed by atoms with Crippen LogP contribution < -0.4 is 5.32 Å². The van der Waals surface area contributed by atoms with Gasteiger partial charge in [0.25, 0.3) is 5.91 Å². The zero-order valence-electron chi connectivity index (χ0n) is 14.3. The maximum absolute atomic E-state index is 13.0. The summed E-state index contributed by atoms with van der Waals surface area (Å²) >= 11 is 0. The summed E-state index contributed by atoms with van der Waals surface area (Å²) in [6.07, 6.45) is 5.48. The Morgan fingerprint density at radius 3 is 2.72 bits per heavy atom. The van der Waals surface area contributed by atoms with E-state index in [4.69, 9.17) is 5.41 Å². The first-order valence-electron chi connectivity index (χ1n) is 8.33. The van der Waals surface area contributed by atoms with E-state index in [0.717, 1.165) is 5.57 Å². The number of carbonyl (C=O) groups excluding carboxylic acids is 1. The second-order valence-corrected chi connectivity index (χ2v) is 6.49. The lowest BCUT2D eigenvalue weighted by Gasteiger charge is -2.11. The molecule has 1 fully saturated rings. The van der Waals surface area contributed by atoms with Gasteiger partial charge in [-0.15, -0.1) is 0 Å². The van der Waals surface area contributed by atoms with Gasteiger partial charge >= 0.3 is 0 Å². The molecule has 2 aromatic rings. The smallest absolute Gasteiger partial charge is 0.269 e. The molecule has 0 saturated heterocycles. The van der Waals surface area contributed by atoms with Crippen molar-refractivity contribution in [2.75, 3.05) is 0 Å². The highest BCUT2D eigenvalue weighted by molar-refractivity contribution is 6.09. The van der Waals surface area contributed by atoms with Gasteiger partial charge in [-0.05, 0) is 74.1 Å². The van der Waals surface area contributed by atoms with Crippen LogP contribution in [0, 0.1) is 17.1 Å². The van der Waals surface area contributed by atoms with Crippen molar-refractivity contribution in [3.05, 3.63) is 59.4 Å². The summed E-state index contributed by atoms with van der Waals surface area (Å²) in [4.78, 5) is 19.4. The van der Waals surface area contributed by atoms with Crippen molar-refractivity contribution in [3.63, 3.8) is 0 Å². The number of halogens is 1. The molecule has 1 aliphatic carbocycles. The van der Waals surface area contributed by atoms with Gasteiger partial charge in [-0.2, -0.15) is 0 Å². The summed E-state index contributed by atoms with van der Waals surface area (Å²) in [5, 5.41) is 11.1. The maximum Gasteiger partial charge on any atom is 0.269 e. The van der Waals surface area contributed by atoms with Crippen molar-refractivity contribution in [3.8, 4) is 0 Å². The lowest BCUT2D eigenvalue weighted by Crippen LogP contribution is -2.34. The summed E-state index contributed by atoms with van der Waals surface area (Å²) in [6, 6.07) is 5.93. The molecule has 1 heterocycles. The summed E-state index contributed by atoms with van der Waals surface area (Å²) in [6.45, 7) is 3.83. The molecule has 0 aliphatic heterocycles. The number of hydrogen-bond acceptors (Lipinski definition) is 3. The lowest BCUT2D eigenvalue weighted by atomic mass is 10.1. The van der Waals surface area contributed by atoms with E-state index >= 15 is 0 Å². The molecule has 1 aliphatic rings. The third-order valence-corrected chi connectivity index (χ3v) is 4.40. The van der Waals surface area contributed by atoms with Gasteiger partial charge in [0, 0.05) is 6.04 Å². The number of amides is 1. The molecule has 0 radical (unpaired) electrons. The fraction of sp³-hybridized carbons (Fsp3) is 0.316. The highest BCUT2D eigenvalue weighted by atomic mass is 19.1. The van der Waals surface area contributed by atoms with Gasteiger partial charge in [0.2, 0.25) is 0 Å². The third kappa shape index (κ3) is 4.21. The highest BCUT2D eigenvalue weighted by Crippen LogP contribution is 2.32. The van der Waals surface area contributed by atoms with Crippen LogP contribution in [-0.2, 0) is 0 Å². The topological polar surface area (TPSA) is 81.6 Å². The molecule has 1 aromatic heterocycles. The average molecular weight is 340 g/mol. The van der Waals surface area contributed by atoms with Gasteiger partial charge in [-0.1, -0.05) is 0 Å². The average Bonchev–Trinajstić information content (AvgIpc) is 3.31. The molecule has 130 valence electrons. The van der Waals surface area contributed by atoms with E-state index in [1.54, 1.807) is 18.2 Å². The summed E-state index contributed by atoms with van der Waals surface area (Å²) < 4.78 is 13.0. The molecule has 5 nitrogen and oxygen atoms in total. The molecule has 6 heteroatoms. The summed E-state index contributed by atoms with van der Waals surface area (Å²) in [5.74, 6) is 0.624. The molecule has 0 bridgehead atoms. The van der Waals surface area contributed by atoms with Crippen molar-refractivity contribution in [2.45, 2.75) is 32.7 Å².